The summed E-state index contributed by atoms with van der Waals surface area (Å²) in [6, 6.07) is 10.6. The summed E-state index contributed by atoms with van der Waals surface area (Å²) in [7, 11) is 0. The van der Waals surface area contributed by atoms with Gasteiger partial charge in [-0.1, -0.05) is 30.3 Å². The maximum atomic E-state index is 12.8. The molecule has 27 heavy (non-hydrogen) atoms. The summed E-state index contributed by atoms with van der Waals surface area (Å²) in [4.78, 5) is 14.8. The van der Waals surface area contributed by atoms with E-state index in [1.807, 2.05) is 18.2 Å². The Morgan fingerprint density at radius 3 is 2.85 bits per heavy atom. The van der Waals surface area contributed by atoms with Gasteiger partial charge in [0, 0.05) is 38.1 Å². The second-order valence-electron chi connectivity index (χ2n) is 8.01. The lowest BCUT2D eigenvalue weighted by Gasteiger charge is -2.27. The number of ether oxygens (including phenoxy) is 1. The molecule has 142 valence electrons. The monoisotopic (exact) mass is 366 g/mol. The van der Waals surface area contributed by atoms with Gasteiger partial charge in [0.05, 0.1) is 12.1 Å². The molecule has 3 atom stereocenters. The predicted octanol–water partition coefficient (Wildman–Crippen LogP) is 2.85. The molecule has 2 saturated heterocycles. The molecule has 6 nitrogen and oxygen atoms in total. The van der Waals surface area contributed by atoms with Gasteiger partial charge in [-0.05, 0) is 31.6 Å². The van der Waals surface area contributed by atoms with Crippen molar-refractivity contribution in [2.75, 3.05) is 19.7 Å². The minimum atomic E-state index is 0.274. The van der Waals surface area contributed by atoms with Crippen LogP contribution in [0.4, 0.5) is 0 Å². The zero-order chi connectivity index (χ0) is 18.2. The van der Waals surface area contributed by atoms with E-state index in [2.05, 4.69) is 31.8 Å². The Morgan fingerprint density at radius 2 is 2.04 bits per heavy atom. The molecule has 0 N–H and O–H groups in total. The van der Waals surface area contributed by atoms with Gasteiger partial charge < -0.3 is 14.2 Å². The van der Waals surface area contributed by atoms with Crippen molar-refractivity contribution in [2.24, 2.45) is 5.92 Å². The largest absolute Gasteiger partial charge is 0.378 e. The fourth-order valence-electron chi connectivity index (χ4n) is 4.89. The van der Waals surface area contributed by atoms with Gasteiger partial charge in [-0.25, -0.2) is 0 Å². The molecule has 0 unspecified atom stereocenters. The lowest BCUT2D eigenvalue weighted by atomic mass is 9.93. The van der Waals surface area contributed by atoms with Crippen LogP contribution in [0, 0.1) is 5.92 Å². The Kier molecular flexibility index (Phi) is 4.44. The highest BCUT2D eigenvalue weighted by Crippen LogP contribution is 2.39. The van der Waals surface area contributed by atoms with Crippen LogP contribution in [0.1, 0.15) is 44.0 Å². The molecule has 1 aromatic carbocycles. The first-order valence-corrected chi connectivity index (χ1v) is 10.2. The van der Waals surface area contributed by atoms with E-state index in [4.69, 9.17) is 4.74 Å². The first-order valence-electron chi connectivity index (χ1n) is 10.2. The molecule has 2 fully saturated rings. The third kappa shape index (κ3) is 3.16. The number of amides is 1. The van der Waals surface area contributed by atoms with Gasteiger partial charge in [0.2, 0.25) is 5.91 Å². The molecule has 5 rings (SSSR count). The van der Waals surface area contributed by atoms with Crippen LogP contribution in [0.5, 0.6) is 0 Å². The van der Waals surface area contributed by atoms with Crippen LogP contribution in [-0.4, -0.2) is 51.4 Å². The Labute approximate surface area is 159 Å². The molecule has 1 amide bonds. The molecule has 0 radical (unpaired) electrons. The van der Waals surface area contributed by atoms with Gasteiger partial charge in [-0.2, -0.15) is 0 Å². The summed E-state index contributed by atoms with van der Waals surface area (Å²) in [6.45, 7) is 2.49. The average Bonchev–Trinajstić information content (AvgIpc) is 3.45. The lowest BCUT2D eigenvalue weighted by molar-refractivity contribution is -0.131. The highest BCUT2D eigenvalue weighted by Gasteiger charge is 2.41. The van der Waals surface area contributed by atoms with Crippen LogP contribution < -0.4 is 0 Å². The number of aryl methyl sites for hydroxylation is 1. The van der Waals surface area contributed by atoms with E-state index >= 15 is 0 Å². The first-order chi connectivity index (χ1) is 13.3. The summed E-state index contributed by atoms with van der Waals surface area (Å²) >= 11 is 0. The van der Waals surface area contributed by atoms with Gasteiger partial charge in [0.25, 0.3) is 0 Å². The van der Waals surface area contributed by atoms with E-state index in [-0.39, 0.29) is 12.0 Å². The number of hydrogen-bond acceptors (Lipinski definition) is 4. The van der Waals surface area contributed by atoms with Crippen molar-refractivity contribution in [3.63, 3.8) is 0 Å². The van der Waals surface area contributed by atoms with Crippen molar-refractivity contribution in [3.05, 3.63) is 36.2 Å². The number of carbonyl (C=O) groups excluding carboxylic acids is 1. The number of hydrogen-bond donors (Lipinski definition) is 0. The Bertz CT molecular complexity index is 813. The predicted molar refractivity (Wildman–Crippen MR) is 101 cm³/mol. The van der Waals surface area contributed by atoms with Crippen LogP contribution in [0.15, 0.2) is 30.3 Å². The van der Waals surface area contributed by atoms with E-state index in [9.17, 15) is 4.79 Å². The van der Waals surface area contributed by atoms with Crippen molar-refractivity contribution in [3.8, 4) is 11.4 Å². The van der Waals surface area contributed by atoms with Gasteiger partial charge in [-0.3, -0.25) is 4.79 Å². The molecule has 3 aliphatic rings. The molecule has 1 aromatic heterocycles. The fraction of sp³-hybridized carbons (Fsp3) is 0.571. The van der Waals surface area contributed by atoms with Crippen molar-refractivity contribution >= 4 is 5.91 Å². The van der Waals surface area contributed by atoms with E-state index < -0.39 is 0 Å². The van der Waals surface area contributed by atoms with E-state index in [0.29, 0.717) is 18.4 Å². The van der Waals surface area contributed by atoms with E-state index in [1.54, 1.807) is 0 Å². The second-order valence-corrected chi connectivity index (χ2v) is 8.01. The number of benzene rings is 1. The highest BCUT2D eigenvalue weighted by atomic mass is 16.5. The molecule has 3 aliphatic heterocycles. The van der Waals surface area contributed by atoms with Crippen LogP contribution in [0.2, 0.25) is 0 Å². The number of carbonyl (C=O) groups is 1. The number of likely N-dealkylation sites (tertiary alicyclic amines) is 1. The first kappa shape index (κ1) is 16.9. The maximum Gasteiger partial charge on any atom is 0.222 e. The third-order valence-corrected chi connectivity index (χ3v) is 6.33. The molecule has 4 heterocycles. The average molecular weight is 366 g/mol. The van der Waals surface area contributed by atoms with Crippen molar-refractivity contribution in [2.45, 2.75) is 50.7 Å². The summed E-state index contributed by atoms with van der Waals surface area (Å²) in [6.07, 6.45) is 6.01. The molecule has 0 saturated carbocycles. The number of nitrogens with zero attached hydrogens (tertiary/aromatic N) is 4. The minimum absolute atomic E-state index is 0.274. The zero-order valence-corrected chi connectivity index (χ0v) is 15.6. The normalized spacial score (nSPS) is 26.8. The van der Waals surface area contributed by atoms with Crippen molar-refractivity contribution in [1.29, 1.82) is 0 Å². The second kappa shape index (κ2) is 7.08. The van der Waals surface area contributed by atoms with Crippen LogP contribution >= 0.6 is 0 Å². The minimum Gasteiger partial charge on any atom is -0.378 e. The van der Waals surface area contributed by atoms with Crippen molar-refractivity contribution in [1.82, 2.24) is 19.7 Å². The molecule has 6 heteroatoms. The Balaban J connectivity index is 1.32. The quantitative estimate of drug-likeness (QED) is 0.835. The van der Waals surface area contributed by atoms with Gasteiger partial charge >= 0.3 is 0 Å². The van der Waals surface area contributed by atoms with Gasteiger partial charge in [0.15, 0.2) is 5.82 Å². The van der Waals surface area contributed by atoms with E-state index in [1.165, 1.54) is 0 Å². The molecule has 0 spiro atoms. The smallest absolute Gasteiger partial charge is 0.222 e. The SMILES string of the molecule is O=C(CC[C@H]1CCCO1)N1C[C@H]2CCc3nnc(-c4ccccc4)n3[C@H]2C1. The standard InChI is InChI=1S/C21H26N4O2/c26-20(11-9-17-7-4-12-27-17)24-13-16-8-10-19-22-23-21(25(19)18(16)14-24)15-5-2-1-3-6-15/h1-3,5-6,16-18H,4,7-14H2/t16-,17-,18+/m1/s1. The van der Waals surface area contributed by atoms with Gasteiger partial charge in [-0.15, -0.1) is 10.2 Å². The third-order valence-electron chi connectivity index (χ3n) is 6.33. The molecule has 2 aromatic rings. The van der Waals surface area contributed by atoms with Gasteiger partial charge in [0.1, 0.15) is 5.82 Å². The lowest BCUT2D eigenvalue weighted by Crippen LogP contribution is -2.30. The number of aromatic nitrogens is 3. The molecular weight excluding hydrogens is 340 g/mol. The Hall–Kier alpha value is -2.21. The number of fused-ring (bicyclic) bond motifs is 3. The molecule has 0 aliphatic carbocycles. The van der Waals surface area contributed by atoms with Crippen LogP contribution in [-0.2, 0) is 16.0 Å². The molecular formula is C21H26N4O2. The highest BCUT2D eigenvalue weighted by molar-refractivity contribution is 5.76. The summed E-state index contributed by atoms with van der Waals surface area (Å²) < 4.78 is 7.97. The zero-order valence-electron chi connectivity index (χ0n) is 15.6. The van der Waals surface area contributed by atoms with Crippen LogP contribution in [0.25, 0.3) is 11.4 Å². The molecule has 0 bridgehead atoms. The van der Waals surface area contributed by atoms with Crippen LogP contribution in [0.3, 0.4) is 0 Å². The topological polar surface area (TPSA) is 60.2 Å². The maximum absolute atomic E-state index is 12.8. The fourth-order valence-corrected chi connectivity index (χ4v) is 4.89. The van der Waals surface area contributed by atoms with Crippen molar-refractivity contribution < 1.29 is 9.53 Å². The summed E-state index contributed by atoms with van der Waals surface area (Å²) in [5.74, 6) is 2.77. The number of rotatable bonds is 4. The Morgan fingerprint density at radius 1 is 1.15 bits per heavy atom. The van der Waals surface area contributed by atoms with E-state index in [0.717, 1.165) is 69.0 Å². The summed E-state index contributed by atoms with van der Waals surface area (Å²) in [5, 5.41) is 8.92. The summed E-state index contributed by atoms with van der Waals surface area (Å²) in [5.41, 5.74) is 1.10.